The van der Waals surface area contributed by atoms with Crippen LogP contribution in [-0.4, -0.2) is 43.0 Å². The summed E-state index contributed by atoms with van der Waals surface area (Å²) < 4.78 is 18.9. The third-order valence-corrected chi connectivity index (χ3v) is 6.00. The number of nitrogens with zero attached hydrogens (tertiary/aromatic N) is 1. The Hall–Kier alpha value is -3.71. The number of halogens is 1. The Bertz CT molecular complexity index is 1140. The maximum Gasteiger partial charge on any atom is 0.255 e. The molecule has 34 heavy (non-hydrogen) atoms. The molecule has 2 N–H and O–H groups in total. The number of likely N-dealkylation sites (tertiary alicyclic amines) is 1. The van der Waals surface area contributed by atoms with E-state index in [2.05, 4.69) is 15.5 Å². The molecule has 0 saturated carbocycles. The van der Waals surface area contributed by atoms with Crippen molar-refractivity contribution in [3.8, 4) is 5.75 Å². The molecule has 7 heteroatoms. The second kappa shape index (κ2) is 10.9. The molecule has 176 valence electrons. The van der Waals surface area contributed by atoms with Gasteiger partial charge >= 0.3 is 0 Å². The predicted molar refractivity (Wildman–Crippen MR) is 130 cm³/mol. The maximum absolute atomic E-state index is 14.0. The number of nitrogens with one attached hydrogen (secondary N) is 2. The highest BCUT2D eigenvalue weighted by molar-refractivity contribution is 6.09. The first-order chi connectivity index (χ1) is 16.5. The zero-order chi connectivity index (χ0) is 23.9. The Kier molecular flexibility index (Phi) is 7.54. The van der Waals surface area contributed by atoms with Crippen LogP contribution in [0.4, 0.5) is 10.1 Å². The molecule has 1 aliphatic heterocycles. The highest BCUT2D eigenvalue weighted by atomic mass is 19.1. The van der Waals surface area contributed by atoms with Gasteiger partial charge in [-0.15, -0.1) is 0 Å². The molecule has 1 aliphatic rings. The Morgan fingerprint density at radius 3 is 2.38 bits per heavy atom. The van der Waals surface area contributed by atoms with Gasteiger partial charge in [-0.05, 0) is 54.8 Å². The highest BCUT2D eigenvalue weighted by Crippen LogP contribution is 2.21. The molecule has 1 heterocycles. The van der Waals surface area contributed by atoms with Crippen molar-refractivity contribution >= 4 is 17.5 Å². The number of hydrogen-bond acceptors (Lipinski definition) is 4. The van der Waals surface area contributed by atoms with E-state index in [0.717, 1.165) is 31.5 Å². The molecule has 1 fully saturated rings. The van der Waals surface area contributed by atoms with E-state index in [1.54, 1.807) is 54.6 Å². The van der Waals surface area contributed by atoms with Crippen LogP contribution in [-0.2, 0) is 6.54 Å². The lowest BCUT2D eigenvalue weighted by molar-refractivity contribution is 0.0909. The molecule has 0 atom stereocenters. The summed E-state index contributed by atoms with van der Waals surface area (Å²) in [5.41, 5.74) is 2.33. The minimum atomic E-state index is -0.361. The molecule has 0 spiro atoms. The molecular formula is C27H28FN3O3. The van der Waals surface area contributed by atoms with E-state index in [9.17, 15) is 14.0 Å². The molecule has 1 saturated heterocycles. The number of piperidine rings is 1. The molecule has 0 bridgehead atoms. The number of hydrogen-bond donors (Lipinski definition) is 2. The number of carbonyl (C=O) groups is 2. The quantitative estimate of drug-likeness (QED) is 0.544. The topological polar surface area (TPSA) is 70.7 Å². The van der Waals surface area contributed by atoms with Crippen molar-refractivity contribution in [3.63, 3.8) is 0 Å². The second-order valence-corrected chi connectivity index (χ2v) is 8.36. The molecule has 0 aliphatic carbocycles. The van der Waals surface area contributed by atoms with Crippen LogP contribution in [0.15, 0.2) is 72.8 Å². The first-order valence-corrected chi connectivity index (χ1v) is 11.3. The van der Waals surface area contributed by atoms with Gasteiger partial charge in [0.1, 0.15) is 0 Å². The fourth-order valence-corrected chi connectivity index (χ4v) is 4.14. The van der Waals surface area contributed by atoms with Gasteiger partial charge in [-0.1, -0.05) is 36.4 Å². The number of anilines is 1. The van der Waals surface area contributed by atoms with Crippen molar-refractivity contribution < 1.29 is 18.7 Å². The van der Waals surface area contributed by atoms with Crippen LogP contribution in [0.5, 0.6) is 5.75 Å². The van der Waals surface area contributed by atoms with Crippen molar-refractivity contribution in [1.29, 1.82) is 0 Å². The van der Waals surface area contributed by atoms with Crippen molar-refractivity contribution in [2.24, 2.45) is 0 Å². The van der Waals surface area contributed by atoms with Crippen LogP contribution in [0.25, 0.3) is 0 Å². The lowest BCUT2D eigenvalue weighted by atomic mass is 10.0. The average molecular weight is 462 g/mol. The number of amides is 2. The Labute approximate surface area is 198 Å². The van der Waals surface area contributed by atoms with Gasteiger partial charge in [0, 0.05) is 31.2 Å². The normalized spacial score (nSPS) is 14.4. The summed E-state index contributed by atoms with van der Waals surface area (Å²) >= 11 is 0. The van der Waals surface area contributed by atoms with Crippen molar-refractivity contribution in [2.75, 3.05) is 25.5 Å². The zero-order valence-electron chi connectivity index (χ0n) is 19.1. The molecule has 6 nitrogen and oxygen atoms in total. The lowest BCUT2D eigenvalue weighted by Gasteiger charge is -2.32. The van der Waals surface area contributed by atoms with Gasteiger partial charge in [-0.25, -0.2) is 4.39 Å². The largest absolute Gasteiger partial charge is 0.494 e. The molecule has 0 aromatic heterocycles. The van der Waals surface area contributed by atoms with Gasteiger partial charge in [0.25, 0.3) is 11.8 Å². The number of methoxy groups -OCH3 is 1. The minimum Gasteiger partial charge on any atom is -0.494 e. The predicted octanol–water partition coefficient (Wildman–Crippen LogP) is 4.48. The van der Waals surface area contributed by atoms with Gasteiger partial charge in [0.15, 0.2) is 11.6 Å². The number of carbonyl (C=O) groups excluding carboxylic acids is 2. The van der Waals surface area contributed by atoms with Gasteiger partial charge in [-0.3, -0.25) is 14.5 Å². The van der Waals surface area contributed by atoms with Crippen LogP contribution in [0.3, 0.4) is 0 Å². The molecular weight excluding hydrogens is 433 g/mol. The van der Waals surface area contributed by atoms with E-state index in [4.69, 9.17) is 4.74 Å². The first-order valence-electron chi connectivity index (χ1n) is 11.3. The van der Waals surface area contributed by atoms with E-state index >= 15 is 0 Å². The Morgan fingerprint density at radius 1 is 0.971 bits per heavy atom. The summed E-state index contributed by atoms with van der Waals surface area (Å²) in [7, 11) is 1.45. The molecule has 0 radical (unpaired) electrons. The molecule has 3 aromatic rings. The molecule has 0 unspecified atom stereocenters. The van der Waals surface area contributed by atoms with Crippen molar-refractivity contribution in [2.45, 2.75) is 25.4 Å². The van der Waals surface area contributed by atoms with Crippen LogP contribution in [0, 0.1) is 5.82 Å². The zero-order valence-corrected chi connectivity index (χ0v) is 19.1. The van der Waals surface area contributed by atoms with Gasteiger partial charge < -0.3 is 15.4 Å². The number of benzene rings is 3. The minimum absolute atomic E-state index is 0.0363. The maximum atomic E-state index is 14.0. The monoisotopic (exact) mass is 461 g/mol. The Balaban J connectivity index is 1.32. The third kappa shape index (κ3) is 5.80. The van der Waals surface area contributed by atoms with E-state index in [1.807, 2.05) is 12.1 Å². The van der Waals surface area contributed by atoms with Gasteiger partial charge in [0.2, 0.25) is 0 Å². The summed E-state index contributed by atoms with van der Waals surface area (Å²) in [6.07, 6.45) is 1.59. The van der Waals surface area contributed by atoms with E-state index in [-0.39, 0.29) is 29.4 Å². The number of rotatable bonds is 7. The smallest absolute Gasteiger partial charge is 0.255 e. The van der Waals surface area contributed by atoms with E-state index in [0.29, 0.717) is 23.4 Å². The van der Waals surface area contributed by atoms with Crippen LogP contribution in [0.1, 0.15) is 39.1 Å². The lowest BCUT2D eigenvalue weighted by Crippen LogP contribution is -2.44. The number of ether oxygens (including phenoxy) is 1. The van der Waals surface area contributed by atoms with E-state index < -0.39 is 0 Å². The fraction of sp³-hybridized carbons (Fsp3) is 0.259. The van der Waals surface area contributed by atoms with Crippen LogP contribution >= 0.6 is 0 Å². The first kappa shape index (κ1) is 23.4. The van der Waals surface area contributed by atoms with Crippen LogP contribution in [0.2, 0.25) is 0 Å². The SMILES string of the molecule is COc1ccc(CN2CCC(NC(=O)c3ccccc3NC(=O)c3ccccc3)CC2)cc1F. The third-order valence-electron chi connectivity index (χ3n) is 6.00. The highest BCUT2D eigenvalue weighted by Gasteiger charge is 2.23. The second-order valence-electron chi connectivity index (χ2n) is 8.36. The number of para-hydroxylation sites is 1. The summed E-state index contributed by atoms with van der Waals surface area (Å²) in [5.74, 6) is -0.589. The summed E-state index contributed by atoms with van der Waals surface area (Å²) in [5, 5.41) is 5.95. The molecule has 3 aromatic carbocycles. The standard InChI is InChI=1S/C27H28FN3O3/c1-34-25-12-11-19(17-23(25)28)18-31-15-13-21(14-16-31)29-27(33)22-9-5-6-10-24(22)30-26(32)20-7-3-2-4-8-20/h2-12,17,21H,13-16,18H2,1H3,(H,29,33)(H,30,32). The van der Waals surface area contributed by atoms with Crippen molar-refractivity contribution in [3.05, 3.63) is 95.3 Å². The fourth-order valence-electron chi connectivity index (χ4n) is 4.14. The summed E-state index contributed by atoms with van der Waals surface area (Å²) in [6.45, 7) is 2.24. The Morgan fingerprint density at radius 2 is 1.68 bits per heavy atom. The van der Waals surface area contributed by atoms with Crippen molar-refractivity contribution in [1.82, 2.24) is 10.2 Å². The summed E-state index contributed by atoms with van der Waals surface area (Å²) in [4.78, 5) is 27.8. The van der Waals surface area contributed by atoms with E-state index in [1.165, 1.54) is 13.2 Å². The summed E-state index contributed by atoms with van der Waals surface area (Å²) in [6, 6.07) is 21.0. The molecule has 4 rings (SSSR count). The molecule has 2 amide bonds. The van der Waals surface area contributed by atoms with Gasteiger partial charge in [0.05, 0.1) is 18.4 Å². The average Bonchev–Trinajstić information content (AvgIpc) is 2.86. The van der Waals surface area contributed by atoms with Gasteiger partial charge in [-0.2, -0.15) is 0 Å². The van der Waals surface area contributed by atoms with Crippen LogP contribution < -0.4 is 15.4 Å².